The van der Waals surface area contributed by atoms with Crippen molar-refractivity contribution in [3.05, 3.63) is 47.8 Å². The molecule has 0 bridgehead atoms. The van der Waals surface area contributed by atoms with Crippen molar-refractivity contribution in [1.82, 2.24) is 9.80 Å². The average Bonchev–Trinajstić information content (AvgIpc) is 2.76. The molecule has 3 heteroatoms. The summed E-state index contributed by atoms with van der Waals surface area (Å²) in [5, 5.41) is 0. The Hall–Kier alpha value is -1.77. The van der Waals surface area contributed by atoms with Gasteiger partial charge in [-0.15, -0.1) is 0 Å². The summed E-state index contributed by atoms with van der Waals surface area (Å²) >= 11 is 0. The van der Waals surface area contributed by atoms with Crippen LogP contribution < -0.4 is 0 Å². The van der Waals surface area contributed by atoms with Crippen molar-refractivity contribution in [2.75, 3.05) is 13.1 Å². The van der Waals surface area contributed by atoms with Crippen LogP contribution in [0, 0.1) is 0 Å². The fraction of sp³-hybridized carbons (Fsp3) is 0.471. The summed E-state index contributed by atoms with van der Waals surface area (Å²) in [6.07, 6.45) is 2.44. The Morgan fingerprint density at radius 2 is 1.80 bits per heavy atom. The molecule has 1 atom stereocenters. The molecular formula is C17H23N3. The molecule has 0 amide bonds. The van der Waals surface area contributed by atoms with E-state index in [1.807, 2.05) is 0 Å². The molecule has 1 aromatic rings. The minimum Gasteiger partial charge on any atom is -0.369 e. The van der Waals surface area contributed by atoms with Crippen molar-refractivity contribution in [3.63, 3.8) is 0 Å². The highest BCUT2D eigenvalue weighted by Gasteiger charge is 2.34. The molecule has 3 nitrogen and oxygen atoms in total. The predicted octanol–water partition coefficient (Wildman–Crippen LogP) is 3.42. The highest BCUT2D eigenvalue weighted by Crippen LogP contribution is 2.35. The molecule has 0 saturated carbocycles. The van der Waals surface area contributed by atoms with Gasteiger partial charge in [0.05, 0.1) is 11.4 Å². The summed E-state index contributed by atoms with van der Waals surface area (Å²) < 4.78 is 0. The third-order valence-electron chi connectivity index (χ3n) is 4.11. The van der Waals surface area contributed by atoms with Crippen molar-refractivity contribution in [3.8, 4) is 0 Å². The number of hydrogen-bond acceptors (Lipinski definition) is 3. The maximum atomic E-state index is 4.87. The Kier molecular flexibility index (Phi) is 3.08. The van der Waals surface area contributed by atoms with Crippen LogP contribution in [-0.2, 0) is 0 Å². The minimum absolute atomic E-state index is 0.157. The number of fused-ring (bicyclic) bond motifs is 1. The molecule has 106 valence electrons. The van der Waals surface area contributed by atoms with Crippen LogP contribution in [0.4, 0.5) is 0 Å². The summed E-state index contributed by atoms with van der Waals surface area (Å²) in [7, 11) is 0. The Labute approximate surface area is 121 Å². The molecule has 20 heavy (non-hydrogen) atoms. The molecule has 0 aliphatic carbocycles. The van der Waals surface area contributed by atoms with Crippen LogP contribution in [0.1, 0.15) is 39.4 Å². The number of hydrogen-bond donors (Lipinski definition) is 0. The van der Waals surface area contributed by atoms with Gasteiger partial charge < -0.3 is 9.80 Å². The standard InChI is InChI=1S/C17H23N3/c1-13-15-12-19(17(2,3)4)10-11-20(15)16(18-13)14-8-6-5-7-9-14/h5-9,12,16H,10-11H2,1-4H3. The van der Waals surface area contributed by atoms with Crippen molar-refractivity contribution < 1.29 is 0 Å². The molecule has 0 saturated heterocycles. The van der Waals surface area contributed by atoms with Crippen molar-refractivity contribution in [2.45, 2.75) is 39.4 Å². The van der Waals surface area contributed by atoms with Gasteiger partial charge in [-0.1, -0.05) is 30.3 Å². The average molecular weight is 269 g/mol. The van der Waals surface area contributed by atoms with Crippen LogP contribution >= 0.6 is 0 Å². The molecule has 0 aromatic heterocycles. The summed E-state index contributed by atoms with van der Waals surface area (Å²) in [6, 6.07) is 10.6. The van der Waals surface area contributed by atoms with Crippen LogP contribution in [0.5, 0.6) is 0 Å². The largest absolute Gasteiger partial charge is 0.369 e. The second-order valence-corrected chi connectivity index (χ2v) is 6.57. The second kappa shape index (κ2) is 4.65. The van der Waals surface area contributed by atoms with E-state index in [2.05, 4.69) is 74.0 Å². The van der Waals surface area contributed by atoms with Gasteiger partial charge in [0.2, 0.25) is 0 Å². The SMILES string of the molecule is CC1=NC(c2ccccc2)N2CCN(C(C)(C)C)C=C12. The first-order chi connectivity index (χ1) is 9.47. The van der Waals surface area contributed by atoms with Crippen molar-refractivity contribution in [2.24, 2.45) is 4.99 Å². The Morgan fingerprint density at radius 1 is 1.10 bits per heavy atom. The molecule has 0 radical (unpaired) electrons. The molecule has 1 unspecified atom stereocenters. The van der Waals surface area contributed by atoms with Crippen LogP contribution in [0.15, 0.2) is 47.2 Å². The highest BCUT2D eigenvalue weighted by atomic mass is 15.4. The van der Waals surface area contributed by atoms with E-state index in [4.69, 9.17) is 4.99 Å². The van der Waals surface area contributed by atoms with Gasteiger partial charge in [0, 0.05) is 24.8 Å². The molecule has 2 heterocycles. The van der Waals surface area contributed by atoms with Gasteiger partial charge in [-0.25, -0.2) is 0 Å². The predicted molar refractivity (Wildman–Crippen MR) is 83.5 cm³/mol. The van der Waals surface area contributed by atoms with E-state index in [1.165, 1.54) is 11.3 Å². The number of benzene rings is 1. The molecule has 3 rings (SSSR count). The molecular weight excluding hydrogens is 246 g/mol. The van der Waals surface area contributed by atoms with Crippen molar-refractivity contribution in [1.29, 1.82) is 0 Å². The number of aliphatic imine (C=N–C) groups is 1. The summed E-state index contributed by atoms with van der Waals surface area (Å²) in [5.41, 5.74) is 3.87. The quantitative estimate of drug-likeness (QED) is 0.778. The topological polar surface area (TPSA) is 18.8 Å². The van der Waals surface area contributed by atoms with Crippen molar-refractivity contribution >= 4 is 5.71 Å². The molecule has 0 fully saturated rings. The van der Waals surface area contributed by atoms with E-state index in [1.54, 1.807) is 0 Å². The number of nitrogens with zero attached hydrogens (tertiary/aromatic N) is 3. The lowest BCUT2D eigenvalue weighted by Crippen LogP contribution is -2.46. The normalized spacial score (nSPS) is 22.5. The first kappa shape index (κ1) is 13.2. The Morgan fingerprint density at radius 3 is 2.45 bits per heavy atom. The highest BCUT2D eigenvalue weighted by molar-refractivity contribution is 5.99. The molecule has 2 aliphatic heterocycles. The first-order valence-electron chi connectivity index (χ1n) is 7.32. The zero-order valence-electron chi connectivity index (χ0n) is 12.8. The molecule has 0 spiro atoms. The number of allylic oxidation sites excluding steroid dienone is 1. The number of rotatable bonds is 1. The molecule has 0 N–H and O–H groups in total. The van der Waals surface area contributed by atoms with Gasteiger partial charge in [-0.2, -0.15) is 0 Å². The van der Waals surface area contributed by atoms with Crippen LogP contribution in [0.2, 0.25) is 0 Å². The minimum atomic E-state index is 0.157. The maximum absolute atomic E-state index is 4.87. The maximum Gasteiger partial charge on any atom is 0.147 e. The van der Waals surface area contributed by atoms with E-state index in [-0.39, 0.29) is 11.7 Å². The third kappa shape index (κ3) is 2.21. The van der Waals surface area contributed by atoms with Gasteiger partial charge in [0.25, 0.3) is 0 Å². The lowest BCUT2D eigenvalue weighted by molar-refractivity contribution is 0.145. The van der Waals surface area contributed by atoms with E-state index in [0.29, 0.717) is 0 Å². The third-order valence-corrected chi connectivity index (χ3v) is 4.11. The fourth-order valence-corrected chi connectivity index (χ4v) is 2.91. The summed E-state index contributed by atoms with van der Waals surface area (Å²) in [6.45, 7) is 11.0. The zero-order chi connectivity index (χ0) is 14.3. The lowest BCUT2D eigenvalue weighted by Gasteiger charge is -2.42. The monoisotopic (exact) mass is 269 g/mol. The zero-order valence-corrected chi connectivity index (χ0v) is 12.8. The van der Waals surface area contributed by atoms with E-state index >= 15 is 0 Å². The molecule has 2 aliphatic rings. The van der Waals surface area contributed by atoms with Crippen LogP contribution in [0.3, 0.4) is 0 Å². The smallest absolute Gasteiger partial charge is 0.147 e. The van der Waals surface area contributed by atoms with E-state index in [0.717, 1.165) is 18.8 Å². The fourth-order valence-electron chi connectivity index (χ4n) is 2.91. The van der Waals surface area contributed by atoms with Crippen LogP contribution in [-0.4, -0.2) is 34.1 Å². The van der Waals surface area contributed by atoms with Gasteiger partial charge in [-0.05, 0) is 33.3 Å². The lowest BCUT2D eigenvalue weighted by atomic mass is 10.0. The van der Waals surface area contributed by atoms with E-state index < -0.39 is 0 Å². The Balaban J connectivity index is 1.92. The molecule has 1 aromatic carbocycles. The van der Waals surface area contributed by atoms with Gasteiger partial charge in [0.1, 0.15) is 6.17 Å². The Bertz CT molecular complexity index is 551. The van der Waals surface area contributed by atoms with Gasteiger partial charge >= 0.3 is 0 Å². The van der Waals surface area contributed by atoms with Gasteiger partial charge in [0.15, 0.2) is 0 Å². The van der Waals surface area contributed by atoms with Crippen LogP contribution in [0.25, 0.3) is 0 Å². The first-order valence-corrected chi connectivity index (χ1v) is 7.32. The van der Waals surface area contributed by atoms with Gasteiger partial charge in [-0.3, -0.25) is 4.99 Å². The summed E-state index contributed by atoms with van der Waals surface area (Å²) in [4.78, 5) is 9.71. The second-order valence-electron chi connectivity index (χ2n) is 6.57. The summed E-state index contributed by atoms with van der Waals surface area (Å²) in [5.74, 6) is 0. The van der Waals surface area contributed by atoms with E-state index in [9.17, 15) is 0 Å².